The van der Waals surface area contributed by atoms with Gasteiger partial charge in [-0.1, -0.05) is 13.8 Å². The van der Waals surface area contributed by atoms with Gasteiger partial charge < -0.3 is 14.7 Å². The van der Waals surface area contributed by atoms with Crippen molar-refractivity contribution in [2.75, 3.05) is 39.3 Å². The fraction of sp³-hybridized carbons (Fsp3) is 0.600. The van der Waals surface area contributed by atoms with Crippen molar-refractivity contribution in [1.29, 1.82) is 0 Å². The molecule has 3 heterocycles. The number of rotatable bonds is 3. The Labute approximate surface area is 160 Å². The van der Waals surface area contributed by atoms with Crippen molar-refractivity contribution in [2.24, 2.45) is 11.3 Å². The minimum atomic E-state index is -0.406. The lowest BCUT2D eigenvalue weighted by Crippen LogP contribution is -2.46. The van der Waals surface area contributed by atoms with Gasteiger partial charge in [-0.3, -0.25) is 19.4 Å². The van der Waals surface area contributed by atoms with Crippen molar-refractivity contribution in [3.05, 3.63) is 30.1 Å². The van der Waals surface area contributed by atoms with E-state index in [-0.39, 0.29) is 23.6 Å². The Bertz CT molecular complexity index is 721. The van der Waals surface area contributed by atoms with E-state index in [0.29, 0.717) is 51.3 Å². The molecule has 0 unspecified atom stereocenters. The zero-order valence-electron chi connectivity index (χ0n) is 16.4. The van der Waals surface area contributed by atoms with Crippen LogP contribution >= 0.6 is 0 Å². The van der Waals surface area contributed by atoms with Gasteiger partial charge in [-0.05, 0) is 19.1 Å². The summed E-state index contributed by atoms with van der Waals surface area (Å²) in [4.78, 5) is 47.6. The minimum Gasteiger partial charge on any atom is -0.342 e. The molecule has 7 nitrogen and oxygen atoms in total. The van der Waals surface area contributed by atoms with Crippen LogP contribution in [0, 0.1) is 11.3 Å². The lowest BCUT2D eigenvalue weighted by atomic mass is 9.85. The standard InChI is InChI=1S/C20H28N4O3/c1-4-22-12-20(11-17(22)25)13-23(18(26)15(2)3)9-10-24(14-20)19(27)16-5-7-21-8-6-16/h5-8,15H,4,9-14H2,1-3H3/t20-/m1/s1. The number of carbonyl (C=O) groups is 3. The van der Waals surface area contributed by atoms with E-state index >= 15 is 0 Å². The normalized spacial score (nSPS) is 23.3. The van der Waals surface area contributed by atoms with Crippen molar-refractivity contribution < 1.29 is 14.4 Å². The molecule has 1 aromatic rings. The molecule has 0 aromatic carbocycles. The van der Waals surface area contributed by atoms with Gasteiger partial charge in [-0.2, -0.15) is 0 Å². The van der Waals surface area contributed by atoms with Gasteiger partial charge in [0.2, 0.25) is 11.8 Å². The maximum atomic E-state index is 13.0. The van der Waals surface area contributed by atoms with Gasteiger partial charge in [0.05, 0.1) is 0 Å². The van der Waals surface area contributed by atoms with Crippen molar-refractivity contribution in [3.63, 3.8) is 0 Å². The fourth-order valence-electron chi connectivity index (χ4n) is 4.14. The Morgan fingerprint density at radius 3 is 2.33 bits per heavy atom. The number of hydrogen-bond donors (Lipinski definition) is 0. The summed E-state index contributed by atoms with van der Waals surface area (Å²) in [5, 5.41) is 0. The van der Waals surface area contributed by atoms with E-state index in [4.69, 9.17) is 0 Å². The van der Waals surface area contributed by atoms with E-state index in [1.165, 1.54) is 0 Å². The number of hydrogen-bond acceptors (Lipinski definition) is 4. The molecule has 0 saturated carbocycles. The summed E-state index contributed by atoms with van der Waals surface area (Å²) in [6, 6.07) is 3.41. The average Bonchev–Trinajstić information content (AvgIpc) is 2.86. The van der Waals surface area contributed by atoms with Crippen molar-refractivity contribution >= 4 is 17.7 Å². The predicted molar refractivity (Wildman–Crippen MR) is 101 cm³/mol. The maximum Gasteiger partial charge on any atom is 0.254 e. The van der Waals surface area contributed by atoms with Crippen molar-refractivity contribution in [2.45, 2.75) is 27.2 Å². The van der Waals surface area contributed by atoms with Crippen LogP contribution in [0.3, 0.4) is 0 Å². The summed E-state index contributed by atoms with van der Waals surface area (Å²) < 4.78 is 0. The maximum absolute atomic E-state index is 13.0. The van der Waals surface area contributed by atoms with Gasteiger partial charge in [-0.25, -0.2) is 0 Å². The van der Waals surface area contributed by atoms with Crippen LogP contribution in [0.25, 0.3) is 0 Å². The largest absolute Gasteiger partial charge is 0.342 e. The van der Waals surface area contributed by atoms with Gasteiger partial charge in [-0.15, -0.1) is 0 Å². The van der Waals surface area contributed by atoms with Gasteiger partial charge in [0.25, 0.3) is 5.91 Å². The van der Waals surface area contributed by atoms with Crippen LogP contribution in [0.15, 0.2) is 24.5 Å². The Morgan fingerprint density at radius 1 is 1.11 bits per heavy atom. The highest BCUT2D eigenvalue weighted by molar-refractivity contribution is 5.94. The van der Waals surface area contributed by atoms with Crippen LogP contribution in [0.1, 0.15) is 37.6 Å². The van der Waals surface area contributed by atoms with E-state index in [0.717, 1.165) is 0 Å². The summed E-state index contributed by atoms with van der Waals surface area (Å²) in [6.45, 7) is 8.95. The number of nitrogens with zero attached hydrogens (tertiary/aromatic N) is 4. The SMILES string of the molecule is CCN1C[C@@]2(CC1=O)CN(C(=O)c1ccncc1)CCN(C(=O)C(C)C)C2. The highest BCUT2D eigenvalue weighted by atomic mass is 16.2. The number of amides is 3. The molecule has 0 radical (unpaired) electrons. The van der Waals surface area contributed by atoms with Crippen molar-refractivity contribution in [3.8, 4) is 0 Å². The highest BCUT2D eigenvalue weighted by Crippen LogP contribution is 2.35. The fourth-order valence-corrected chi connectivity index (χ4v) is 4.14. The topological polar surface area (TPSA) is 73.8 Å². The molecule has 0 aliphatic carbocycles. The first-order chi connectivity index (χ1) is 12.8. The molecule has 1 aromatic heterocycles. The van der Waals surface area contributed by atoms with E-state index in [9.17, 15) is 14.4 Å². The first kappa shape index (κ1) is 19.3. The first-order valence-electron chi connectivity index (χ1n) is 9.61. The second kappa shape index (κ2) is 7.66. The molecule has 0 bridgehead atoms. The van der Waals surface area contributed by atoms with Crippen LogP contribution in [0.5, 0.6) is 0 Å². The minimum absolute atomic E-state index is 0.0713. The lowest BCUT2D eigenvalue weighted by molar-refractivity contribution is -0.135. The summed E-state index contributed by atoms with van der Waals surface area (Å²) in [6.07, 6.45) is 3.59. The zero-order valence-corrected chi connectivity index (χ0v) is 16.4. The predicted octanol–water partition coefficient (Wildman–Crippen LogP) is 1.26. The molecule has 7 heteroatoms. The number of pyridine rings is 1. The molecule has 0 N–H and O–H groups in total. The van der Waals surface area contributed by atoms with E-state index in [2.05, 4.69) is 4.98 Å². The quantitative estimate of drug-likeness (QED) is 0.801. The van der Waals surface area contributed by atoms with Gasteiger partial charge in [0, 0.05) is 75.0 Å². The van der Waals surface area contributed by atoms with Crippen LogP contribution in [0.2, 0.25) is 0 Å². The van der Waals surface area contributed by atoms with Crippen LogP contribution in [-0.4, -0.2) is 76.7 Å². The molecule has 2 fully saturated rings. The Hall–Kier alpha value is -2.44. The second-order valence-electron chi connectivity index (χ2n) is 7.96. The number of likely N-dealkylation sites (tertiary alicyclic amines) is 1. The second-order valence-corrected chi connectivity index (χ2v) is 7.96. The first-order valence-corrected chi connectivity index (χ1v) is 9.61. The summed E-state index contributed by atoms with van der Waals surface area (Å²) in [5.74, 6) is 0.00420. The molecule has 1 atom stereocenters. The van der Waals surface area contributed by atoms with Gasteiger partial charge >= 0.3 is 0 Å². The smallest absolute Gasteiger partial charge is 0.254 e. The van der Waals surface area contributed by atoms with Crippen LogP contribution in [-0.2, 0) is 9.59 Å². The Balaban J connectivity index is 1.89. The Morgan fingerprint density at radius 2 is 1.74 bits per heavy atom. The van der Waals surface area contributed by atoms with Crippen molar-refractivity contribution in [1.82, 2.24) is 19.7 Å². The summed E-state index contributed by atoms with van der Waals surface area (Å²) in [7, 11) is 0. The van der Waals surface area contributed by atoms with Crippen LogP contribution < -0.4 is 0 Å². The molecular formula is C20H28N4O3. The van der Waals surface area contributed by atoms with E-state index < -0.39 is 5.41 Å². The molecule has 3 amide bonds. The van der Waals surface area contributed by atoms with Gasteiger partial charge in [0.1, 0.15) is 0 Å². The monoisotopic (exact) mass is 372 g/mol. The molecular weight excluding hydrogens is 344 g/mol. The highest BCUT2D eigenvalue weighted by Gasteiger charge is 2.47. The summed E-state index contributed by atoms with van der Waals surface area (Å²) >= 11 is 0. The summed E-state index contributed by atoms with van der Waals surface area (Å²) in [5.41, 5.74) is 0.178. The Kier molecular flexibility index (Phi) is 5.48. The van der Waals surface area contributed by atoms with Crippen LogP contribution in [0.4, 0.5) is 0 Å². The lowest BCUT2D eigenvalue weighted by Gasteiger charge is -2.34. The third kappa shape index (κ3) is 3.96. The number of carbonyl (C=O) groups excluding carboxylic acids is 3. The zero-order chi connectivity index (χ0) is 19.6. The van der Waals surface area contributed by atoms with Gasteiger partial charge in [0.15, 0.2) is 0 Å². The van der Waals surface area contributed by atoms with E-state index in [1.807, 2.05) is 30.6 Å². The molecule has 146 valence electrons. The third-order valence-electron chi connectivity index (χ3n) is 5.50. The molecule has 1 spiro atoms. The molecule has 2 saturated heterocycles. The van der Waals surface area contributed by atoms with E-state index in [1.54, 1.807) is 29.4 Å². The molecule has 2 aliphatic heterocycles. The third-order valence-corrected chi connectivity index (χ3v) is 5.50. The average molecular weight is 372 g/mol. The number of aromatic nitrogens is 1. The molecule has 3 rings (SSSR count). The molecule has 2 aliphatic rings. The molecule has 27 heavy (non-hydrogen) atoms.